The number of phenols is 2. The molecule has 2 aromatic rings. The quantitative estimate of drug-likeness (QED) is 0.763. The standard InChI is InChI=1S/C13H9FO4/c14-8-2-4-10(12(16)6-8)9-3-1-7(13(17)18)5-11(9)15/h1-6,15-16H,(H,17,18). The van der Waals surface area contributed by atoms with Gasteiger partial charge in [0.1, 0.15) is 17.3 Å². The van der Waals surface area contributed by atoms with Gasteiger partial charge in [0, 0.05) is 17.2 Å². The summed E-state index contributed by atoms with van der Waals surface area (Å²) in [5, 5.41) is 28.1. The van der Waals surface area contributed by atoms with Gasteiger partial charge in [0.2, 0.25) is 0 Å². The van der Waals surface area contributed by atoms with Crippen molar-refractivity contribution in [2.45, 2.75) is 0 Å². The van der Waals surface area contributed by atoms with E-state index < -0.39 is 11.8 Å². The van der Waals surface area contributed by atoms with Crippen LogP contribution in [0.3, 0.4) is 0 Å². The van der Waals surface area contributed by atoms with Crippen LogP contribution in [0.1, 0.15) is 10.4 Å². The Morgan fingerprint density at radius 3 is 2.00 bits per heavy atom. The molecule has 92 valence electrons. The van der Waals surface area contributed by atoms with Crippen LogP contribution in [0.25, 0.3) is 11.1 Å². The average Bonchev–Trinajstić information content (AvgIpc) is 2.30. The second-order valence-electron chi connectivity index (χ2n) is 3.70. The minimum Gasteiger partial charge on any atom is -0.507 e. The van der Waals surface area contributed by atoms with Crippen molar-refractivity contribution in [3.63, 3.8) is 0 Å². The first-order valence-electron chi connectivity index (χ1n) is 5.04. The number of carbonyl (C=O) groups is 1. The third-order valence-electron chi connectivity index (χ3n) is 2.49. The van der Waals surface area contributed by atoms with Crippen molar-refractivity contribution in [1.29, 1.82) is 0 Å². The topological polar surface area (TPSA) is 77.8 Å². The molecule has 0 radical (unpaired) electrons. The van der Waals surface area contributed by atoms with E-state index in [9.17, 15) is 19.4 Å². The van der Waals surface area contributed by atoms with Gasteiger partial charge in [0.15, 0.2) is 0 Å². The summed E-state index contributed by atoms with van der Waals surface area (Å²) in [4.78, 5) is 10.7. The number of phenolic OH excluding ortho intramolecular Hbond substituents is 2. The molecule has 0 unspecified atom stereocenters. The second-order valence-corrected chi connectivity index (χ2v) is 3.70. The summed E-state index contributed by atoms with van der Waals surface area (Å²) in [7, 11) is 0. The molecule has 0 aliphatic heterocycles. The smallest absolute Gasteiger partial charge is 0.335 e. The normalized spacial score (nSPS) is 10.3. The fraction of sp³-hybridized carbons (Fsp3) is 0. The second kappa shape index (κ2) is 4.37. The highest BCUT2D eigenvalue weighted by Gasteiger charge is 2.12. The molecule has 0 saturated carbocycles. The van der Waals surface area contributed by atoms with Gasteiger partial charge in [-0.05, 0) is 30.3 Å². The van der Waals surface area contributed by atoms with Crippen LogP contribution in [0.4, 0.5) is 4.39 Å². The van der Waals surface area contributed by atoms with Crippen LogP contribution >= 0.6 is 0 Å². The van der Waals surface area contributed by atoms with Gasteiger partial charge in [0.05, 0.1) is 5.56 Å². The zero-order valence-electron chi connectivity index (χ0n) is 9.09. The van der Waals surface area contributed by atoms with Crippen molar-refractivity contribution in [2.24, 2.45) is 0 Å². The van der Waals surface area contributed by atoms with Crippen LogP contribution < -0.4 is 0 Å². The highest BCUT2D eigenvalue weighted by molar-refractivity contribution is 5.90. The van der Waals surface area contributed by atoms with Gasteiger partial charge in [-0.2, -0.15) is 0 Å². The van der Waals surface area contributed by atoms with Gasteiger partial charge in [0.25, 0.3) is 0 Å². The maximum absolute atomic E-state index is 12.8. The Hall–Kier alpha value is -2.56. The predicted molar refractivity (Wildman–Crippen MR) is 62.1 cm³/mol. The lowest BCUT2D eigenvalue weighted by Gasteiger charge is -2.08. The van der Waals surface area contributed by atoms with Crippen molar-refractivity contribution in [3.05, 3.63) is 47.8 Å². The minimum absolute atomic E-state index is 0.0714. The summed E-state index contributed by atoms with van der Waals surface area (Å²) in [5.41, 5.74) is 0.390. The lowest BCUT2D eigenvalue weighted by atomic mass is 10.0. The Morgan fingerprint density at radius 1 is 0.944 bits per heavy atom. The molecule has 4 nitrogen and oxygen atoms in total. The van der Waals surface area contributed by atoms with Crippen LogP contribution in [-0.4, -0.2) is 21.3 Å². The molecule has 0 spiro atoms. The zero-order valence-corrected chi connectivity index (χ0v) is 9.09. The van der Waals surface area contributed by atoms with Crippen molar-refractivity contribution < 1.29 is 24.5 Å². The van der Waals surface area contributed by atoms with E-state index in [-0.39, 0.29) is 28.2 Å². The Labute approximate surface area is 102 Å². The molecule has 0 bridgehead atoms. The van der Waals surface area contributed by atoms with Crippen LogP contribution in [0.2, 0.25) is 0 Å². The SMILES string of the molecule is O=C(O)c1ccc(-c2ccc(F)cc2O)c(O)c1. The van der Waals surface area contributed by atoms with Crippen LogP contribution in [-0.2, 0) is 0 Å². The van der Waals surface area contributed by atoms with E-state index in [0.29, 0.717) is 0 Å². The van der Waals surface area contributed by atoms with E-state index in [2.05, 4.69) is 0 Å². The summed E-state index contributed by atoms with van der Waals surface area (Å²) in [6.07, 6.45) is 0. The Morgan fingerprint density at radius 2 is 1.50 bits per heavy atom. The number of benzene rings is 2. The third kappa shape index (κ3) is 2.10. The van der Waals surface area contributed by atoms with E-state index in [1.807, 2.05) is 0 Å². The maximum Gasteiger partial charge on any atom is 0.335 e. The van der Waals surface area contributed by atoms with E-state index in [1.165, 1.54) is 18.2 Å². The summed E-state index contributed by atoms with van der Waals surface area (Å²) in [6.45, 7) is 0. The summed E-state index contributed by atoms with van der Waals surface area (Å²) >= 11 is 0. The molecule has 0 atom stereocenters. The lowest BCUT2D eigenvalue weighted by molar-refractivity contribution is 0.0696. The van der Waals surface area contributed by atoms with Crippen molar-refractivity contribution in [3.8, 4) is 22.6 Å². The molecule has 0 aliphatic carbocycles. The van der Waals surface area contributed by atoms with E-state index in [4.69, 9.17) is 5.11 Å². The van der Waals surface area contributed by atoms with Crippen molar-refractivity contribution in [1.82, 2.24) is 0 Å². The molecule has 18 heavy (non-hydrogen) atoms. The number of carboxylic acid groups (broad SMARTS) is 1. The minimum atomic E-state index is -1.17. The van der Waals surface area contributed by atoms with Crippen LogP contribution in [0, 0.1) is 5.82 Å². The van der Waals surface area contributed by atoms with Crippen molar-refractivity contribution >= 4 is 5.97 Å². The van der Waals surface area contributed by atoms with Gasteiger partial charge < -0.3 is 15.3 Å². The van der Waals surface area contributed by atoms with E-state index in [0.717, 1.165) is 18.2 Å². The Balaban J connectivity index is 2.54. The maximum atomic E-state index is 12.8. The molecule has 0 fully saturated rings. The molecule has 2 aromatic carbocycles. The molecular weight excluding hydrogens is 239 g/mol. The van der Waals surface area contributed by atoms with Gasteiger partial charge in [-0.3, -0.25) is 0 Å². The van der Waals surface area contributed by atoms with Crippen molar-refractivity contribution in [2.75, 3.05) is 0 Å². The summed E-state index contributed by atoms with van der Waals surface area (Å²) in [5.74, 6) is -2.39. The Bertz CT molecular complexity index is 622. The van der Waals surface area contributed by atoms with E-state index >= 15 is 0 Å². The largest absolute Gasteiger partial charge is 0.507 e. The number of carboxylic acids is 1. The zero-order chi connectivity index (χ0) is 13.3. The number of hydrogen-bond donors (Lipinski definition) is 3. The summed E-state index contributed by atoms with van der Waals surface area (Å²) in [6, 6.07) is 7.08. The molecule has 5 heteroatoms. The molecule has 3 N–H and O–H groups in total. The fourth-order valence-corrected chi connectivity index (χ4v) is 1.62. The van der Waals surface area contributed by atoms with Crippen LogP contribution in [0.15, 0.2) is 36.4 Å². The van der Waals surface area contributed by atoms with Gasteiger partial charge in [-0.15, -0.1) is 0 Å². The molecular formula is C13H9FO4. The van der Waals surface area contributed by atoms with Gasteiger partial charge in [-0.1, -0.05) is 0 Å². The molecule has 2 rings (SSSR count). The van der Waals surface area contributed by atoms with E-state index in [1.54, 1.807) is 0 Å². The highest BCUT2D eigenvalue weighted by Crippen LogP contribution is 2.35. The third-order valence-corrected chi connectivity index (χ3v) is 2.49. The predicted octanol–water partition coefficient (Wildman–Crippen LogP) is 2.60. The Kier molecular flexibility index (Phi) is 2.89. The first kappa shape index (κ1) is 11.9. The highest BCUT2D eigenvalue weighted by atomic mass is 19.1. The first-order valence-corrected chi connectivity index (χ1v) is 5.04. The number of halogens is 1. The lowest BCUT2D eigenvalue weighted by Crippen LogP contribution is -1.95. The monoisotopic (exact) mass is 248 g/mol. The van der Waals surface area contributed by atoms with Crippen LogP contribution in [0.5, 0.6) is 11.5 Å². The number of aromatic carboxylic acids is 1. The average molecular weight is 248 g/mol. The summed E-state index contributed by atoms with van der Waals surface area (Å²) < 4.78 is 12.8. The van der Waals surface area contributed by atoms with Gasteiger partial charge in [-0.25, -0.2) is 9.18 Å². The fourth-order valence-electron chi connectivity index (χ4n) is 1.62. The van der Waals surface area contributed by atoms with Gasteiger partial charge >= 0.3 is 5.97 Å². The number of rotatable bonds is 2. The molecule has 0 aromatic heterocycles. The molecule has 0 saturated heterocycles. The molecule has 0 amide bonds. The molecule has 0 aliphatic rings. The number of hydrogen-bond acceptors (Lipinski definition) is 3. The molecule has 0 heterocycles. The number of aromatic hydroxyl groups is 2. The first-order chi connectivity index (χ1) is 8.49.